The van der Waals surface area contributed by atoms with Crippen LogP contribution in [0.2, 0.25) is 0 Å². The zero-order chi connectivity index (χ0) is 15.7. The summed E-state index contributed by atoms with van der Waals surface area (Å²) in [5.41, 5.74) is 0. The van der Waals surface area contributed by atoms with E-state index in [4.69, 9.17) is 4.74 Å². The van der Waals surface area contributed by atoms with E-state index in [2.05, 4.69) is 6.92 Å². The molecule has 0 bridgehead atoms. The van der Waals surface area contributed by atoms with Crippen molar-refractivity contribution in [3.8, 4) is 0 Å². The van der Waals surface area contributed by atoms with Crippen molar-refractivity contribution in [2.45, 2.75) is 82.7 Å². The summed E-state index contributed by atoms with van der Waals surface area (Å²) in [4.78, 5) is 11.7. The van der Waals surface area contributed by atoms with Crippen molar-refractivity contribution in [3.05, 3.63) is 12.2 Å². The highest BCUT2D eigenvalue weighted by Gasteiger charge is 2.24. The van der Waals surface area contributed by atoms with Gasteiger partial charge < -0.3 is 20.1 Å². The number of hydrogen-bond donors (Lipinski definition) is 3. The third-order valence-corrected chi connectivity index (χ3v) is 3.81. The van der Waals surface area contributed by atoms with Crippen molar-refractivity contribution < 1.29 is 24.9 Å². The number of cyclic esters (lactones) is 1. The molecule has 0 spiro atoms. The summed E-state index contributed by atoms with van der Waals surface area (Å²) in [6.45, 7) is 2.13. The summed E-state index contributed by atoms with van der Waals surface area (Å²) in [7, 11) is 0. The van der Waals surface area contributed by atoms with Gasteiger partial charge >= 0.3 is 5.97 Å². The van der Waals surface area contributed by atoms with Crippen LogP contribution in [0, 0.1) is 0 Å². The van der Waals surface area contributed by atoms with E-state index in [1.165, 1.54) is 6.08 Å². The van der Waals surface area contributed by atoms with Gasteiger partial charge in [-0.3, -0.25) is 4.79 Å². The average Bonchev–Trinajstić information content (AvgIpc) is 2.47. The van der Waals surface area contributed by atoms with Crippen molar-refractivity contribution in [1.82, 2.24) is 0 Å². The number of unbranched alkanes of at least 4 members (excludes halogenated alkanes) is 3. The lowest BCUT2D eigenvalue weighted by Crippen LogP contribution is -2.33. The molecule has 21 heavy (non-hydrogen) atoms. The predicted octanol–water partition coefficient (Wildman–Crippen LogP) is 1.69. The summed E-state index contributed by atoms with van der Waals surface area (Å²) in [6, 6.07) is 0. The van der Waals surface area contributed by atoms with Crippen LogP contribution in [-0.2, 0) is 9.53 Å². The van der Waals surface area contributed by atoms with Crippen molar-refractivity contribution >= 4 is 5.97 Å². The maximum absolute atomic E-state index is 11.7. The second-order valence-corrected chi connectivity index (χ2v) is 5.71. The molecule has 0 unspecified atom stereocenters. The Morgan fingerprint density at radius 1 is 1.33 bits per heavy atom. The molecule has 0 amide bonds. The van der Waals surface area contributed by atoms with Gasteiger partial charge in [0.2, 0.25) is 0 Å². The molecule has 0 aromatic rings. The number of carbonyl (C=O) groups is 1. The molecule has 5 heteroatoms. The van der Waals surface area contributed by atoms with Gasteiger partial charge in [-0.15, -0.1) is 0 Å². The van der Waals surface area contributed by atoms with Crippen molar-refractivity contribution in [2.75, 3.05) is 0 Å². The van der Waals surface area contributed by atoms with E-state index in [1.54, 1.807) is 6.08 Å². The topological polar surface area (TPSA) is 87.0 Å². The molecule has 1 aliphatic rings. The van der Waals surface area contributed by atoms with Crippen LogP contribution in [0.1, 0.15) is 58.3 Å². The Hall–Kier alpha value is -0.910. The largest absolute Gasteiger partial charge is 0.459 e. The summed E-state index contributed by atoms with van der Waals surface area (Å²) in [5.74, 6) is -0.436. The number of esters is 1. The summed E-state index contributed by atoms with van der Waals surface area (Å²) in [5, 5.41) is 29.4. The molecule has 1 rings (SSSR count). The number of carbonyl (C=O) groups excluding carboxylic acids is 1. The van der Waals surface area contributed by atoms with Gasteiger partial charge in [0, 0.05) is 12.8 Å². The Bertz CT molecular complexity index is 329. The highest BCUT2D eigenvalue weighted by Crippen LogP contribution is 2.17. The lowest BCUT2D eigenvalue weighted by Gasteiger charge is -2.24. The normalized spacial score (nSPS) is 30.5. The van der Waals surface area contributed by atoms with Gasteiger partial charge in [-0.05, 0) is 12.8 Å². The highest BCUT2D eigenvalue weighted by molar-refractivity contribution is 5.69. The fourth-order valence-electron chi connectivity index (χ4n) is 2.39. The third-order valence-electron chi connectivity index (χ3n) is 3.81. The van der Waals surface area contributed by atoms with Crippen LogP contribution in [0.25, 0.3) is 0 Å². The molecule has 0 aliphatic carbocycles. The van der Waals surface area contributed by atoms with Crippen molar-refractivity contribution in [3.63, 3.8) is 0 Å². The van der Waals surface area contributed by atoms with E-state index < -0.39 is 30.4 Å². The van der Waals surface area contributed by atoms with E-state index in [1.807, 2.05) is 0 Å². The van der Waals surface area contributed by atoms with Crippen LogP contribution in [0.15, 0.2) is 12.2 Å². The summed E-state index contributed by atoms with van der Waals surface area (Å²) < 4.78 is 5.30. The van der Waals surface area contributed by atoms with E-state index in [0.717, 1.165) is 25.7 Å². The van der Waals surface area contributed by atoms with Gasteiger partial charge in [-0.25, -0.2) is 0 Å². The molecule has 0 aromatic heterocycles. The van der Waals surface area contributed by atoms with Crippen molar-refractivity contribution in [1.29, 1.82) is 0 Å². The standard InChI is InChI=1S/C16H28O5/c1-2-3-4-5-7-14(19)15-9-6-8-12(17)13(18)10-11-16(20)21-15/h6,8,12-15,17-19H,2-5,7,9-11H2,1H3/b8-6+/t12-,13+,14-,15+/m0/s1. The lowest BCUT2D eigenvalue weighted by molar-refractivity contribution is -0.156. The maximum Gasteiger partial charge on any atom is 0.306 e. The fourth-order valence-corrected chi connectivity index (χ4v) is 2.39. The minimum atomic E-state index is -0.974. The van der Waals surface area contributed by atoms with E-state index in [0.29, 0.717) is 12.8 Å². The monoisotopic (exact) mass is 300 g/mol. The molecule has 5 nitrogen and oxygen atoms in total. The lowest BCUT2D eigenvalue weighted by atomic mass is 10.0. The minimum absolute atomic E-state index is 0.0467. The van der Waals surface area contributed by atoms with Gasteiger partial charge in [-0.1, -0.05) is 44.8 Å². The second-order valence-electron chi connectivity index (χ2n) is 5.71. The summed E-state index contributed by atoms with van der Waals surface area (Å²) >= 11 is 0. The van der Waals surface area contributed by atoms with Crippen LogP contribution in [0.5, 0.6) is 0 Å². The molecule has 0 saturated carbocycles. The Balaban J connectivity index is 2.53. The number of aliphatic hydroxyl groups excluding tert-OH is 3. The van der Waals surface area contributed by atoms with Gasteiger partial charge in [0.1, 0.15) is 6.10 Å². The molecule has 0 saturated heterocycles. The zero-order valence-electron chi connectivity index (χ0n) is 12.8. The number of aliphatic hydroxyl groups is 3. The molecule has 1 aliphatic heterocycles. The molecule has 4 atom stereocenters. The Kier molecular flexibility index (Phi) is 8.57. The average molecular weight is 300 g/mol. The first kappa shape index (κ1) is 18.1. The molecule has 3 N–H and O–H groups in total. The van der Waals surface area contributed by atoms with Gasteiger partial charge in [-0.2, -0.15) is 0 Å². The van der Waals surface area contributed by atoms with Gasteiger partial charge in [0.15, 0.2) is 0 Å². The number of ether oxygens (including phenoxy) is 1. The SMILES string of the molecule is CCCCCC[C@H](O)[C@H]1C/C=C/[C@H](O)[C@H](O)CCC(=O)O1. The molecular formula is C16H28O5. The van der Waals surface area contributed by atoms with Crippen LogP contribution < -0.4 is 0 Å². The molecular weight excluding hydrogens is 272 g/mol. The second kappa shape index (κ2) is 9.92. The van der Waals surface area contributed by atoms with Crippen LogP contribution in [-0.4, -0.2) is 45.7 Å². The molecule has 1 heterocycles. The number of hydrogen-bond acceptors (Lipinski definition) is 5. The Morgan fingerprint density at radius 3 is 2.81 bits per heavy atom. The first-order valence-electron chi connectivity index (χ1n) is 7.95. The van der Waals surface area contributed by atoms with Gasteiger partial charge in [0.05, 0.1) is 18.3 Å². The first-order chi connectivity index (χ1) is 10.0. The highest BCUT2D eigenvalue weighted by atomic mass is 16.6. The smallest absolute Gasteiger partial charge is 0.306 e. The van der Waals surface area contributed by atoms with Crippen LogP contribution >= 0.6 is 0 Å². The van der Waals surface area contributed by atoms with E-state index in [-0.39, 0.29) is 12.8 Å². The maximum atomic E-state index is 11.7. The van der Waals surface area contributed by atoms with Gasteiger partial charge in [0.25, 0.3) is 0 Å². The zero-order valence-corrected chi connectivity index (χ0v) is 12.8. The Labute approximate surface area is 126 Å². The Morgan fingerprint density at radius 2 is 2.10 bits per heavy atom. The summed E-state index contributed by atoms with van der Waals surface area (Å²) in [6.07, 6.45) is 5.39. The predicted molar refractivity (Wildman–Crippen MR) is 79.7 cm³/mol. The first-order valence-corrected chi connectivity index (χ1v) is 7.95. The van der Waals surface area contributed by atoms with Crippen LogP contribution in [0.3, 0.4) is 0 Å². The third kappa shape index (κ3) is 7.07. The molecule has 0 radical (unpaired) electrons. The number of rotatable bonds is 6. The fraction of sp³-hybridized carbons (Fsp3) is 0.812. The molecule has 0 fully saturated rings. The van der Waals surface area contributed by atoms with Crippen LogP contribution in [0.4, 0.5) is 0 Å². The molecule has 122 valence electrons. The van der Waals surface area contributed by atoms with E-state index >= 15 is 0 Å². The molecule has 0 aromatic carbocycles. The minimum Gasteiger partial charge on any atom is -0.459 e. The van der Waals surface area contributed by atoms with E-state index in [9.17, 15) is 20.1 Å². The van der Waals surface area contributed by atoms with Crippen molar-refractivity contribution in [2.24, 2.45) is 0 Å². The quantitative estimate of drug-likeness (QED) is 0.395.